The van der Waals surface area contributed by atoms with Crippen molar-refractivity contribution in [1.82, 2.24) is 5.32 Å². The summed E-state index contributed by atoms with van der Waals surface area (Å²) in [6, 6.07) is 11.1. The molecule has 1 aromatic heterocycles. The number of aryl methyl sites for hydroxylation is 1. The van der Waals surface area contributed by atoms with Crippen molar-refractivity contribution in [2.45, 2.75) is 44.2 Å². The van der Waals surface area contributed by atoms with Gasteiger partial charge in [-0.1, -0.05) is 24.0 Å². The van der Waals surface area contributed by atoms with Gasteiger partial charge in [-0.2, -0.15) is 0 Å². The topological polar surface area (TPSA) is 62.5 Å². The van der Waals surface area contributed by atoms with E-state index in [1.54, 1.807) is 12.1 Å². The van der Waals surface area contributed by atoms with E-state index in [-0.39, 0.29) is 17.7 Å². The largest absolute Gasteiger partial charge is 0.459 e. The van der Waals surface area contributed by atoms with Gasteiger partial charge in [0, 0.05) is 18.0 Å². The zero-order chi connectivity index (χ0) is 17.0. The first-order chi connectivity index (χ1) is 11.5. The number of aliphatic hydroxyl groups is 1. The first kappa shape index (κ1) is 16.4. The fourth-order valence-electron chi connectivity index (χ4n) is 3.06. The lowest BCUT2D eigenvalue weighted by atomic mass is 9.82. The van der Waals surface area contributed by atoms with Crippen LogP contribution >= 0.6 is 0 Å². The van der Waals surface area contributed by atoms with E-state index in [0.717, 1.165) is 24.0 Å². The average molecular weight is 323 g/mol. The van der Waals surface area contributed by atoms with Gasteiger partial charge >= 0.3 is 0 Å². The third kappa shape index (κ3) is 4.06. The van der Waals surface area contributed by atoms with Crippen LogP contribution in [-0.2, 0) is 0 Å². The molecule has 124 valence electrons. The molecule has 2 N–H and O–H groups in total. The van der Waals surface area contributed by atoms with Crippen molar-refractivity contribution in [1.29, 1.82) is 0 Å². The zero-order valence-corrected chi connectivity index (χ0v) is 13.7. The second kappa shape index (κ2) is 6.94. The molecule has 0 aliphatic heterocycles. The van der Waals surface area contributed by atoms with Crippen molar-refractivity contribution in [2.75, 3.05) is 0 Å². The van der Waals surface area contributed by atoms with Crippen LogP contribution < -0.4 is 5.32 Å². The lowest BCUT2D eigenvalue weighted by molar-refractivity contribution is 0.0448. The third-order valence-electron chi connectivity index (χ3n) is 4.26. The van der Waals surface area contributed by atoms with Gasteiger partial charge in [0.25, 0.3) is 5.91 Å². The Morgan fingerprint density at radius 2 is 2.25 bits per heavy atom. The highest BCUT2D eigenvalue weighted by atomic mass is 16.3. The van der Waals surface area contributed by atoms with Gasteiger partial charge in [0.2, 0.25) is 0 Å². The summed E-state index contributed by atoms with van der Waals surface area (Å²) < 4.78 is 5.10. The number of furan rings is 1. The number of carbonyl (C=O) groups excluding carboxylic acids is 1. The minimum atomic E-state index is -1.07. The van der Waals surface area contributed by atoms with Crippen molar-refractivity contribution < 1.29 is 14.3 Å². The Morgan fingerprint density at radius 3 is 3.00 bits per heavy atom. The molecule has 3 rings (SSSR count). The van der Waals surface area contributed by atoms with E-state index in [4.69, 9.17) is 4.42 Å². The van der Waals surface area contributed by atoms with Crippen molar-refractivity contribution >= 4 is 5.91 Å². The lowest BCUT2D eigenvalue weighted by Crippen LogP contribution is -2.45. The summed E-state index contributed by atoms with van der Waals surface area (Å²) in [5.41, 5.74) is 0.967. The first-order valence-electron chi connectivity index (χ1n) is 8.21. The van der Waals surface area contributed by atoms with Crippen LogP contribution in [0.3, 0.4) is 0 Å². The van der Waals surface area contributed by atoms with Gasteiger partial charge < -0.3 is 14.8 Å². The van der Waals surface area contributed by atoms with Crippen LogP contribution in [0.4, 0.5) is 0 Å². The second-order valence-corrected chi connectivity index (χ2v) is 6.40. The Balaban J connectivity index is 1.67. The summed E-state index contributed by atoms with van der Waals surface area (Å²) in [5.74, 6) is 6.11. The lowest BCUT2D eigenvalue weighted by Gasteiger charge is -2.33. The van der Waals surface area contributed by atoms with E-state index >= 15 is 0 Å². The molecular formula is C20H21NO3. The number of benzene rings is 1. The first-order valence-corrected chi connectivity index (χ1v) is 8.21. The maximum atomic E-state index is 12.1. The molecule has 0 spiro atoms. The van der Waals surface area contributed by atoms with Gasteiger partial charge in [0.05, 0.1) is 6.26 Å². The predicted octanol–water partition coefficient (Wildman–Crippen LogP) is 3.04. The number of hydrogen-bond donors (Lipinski definition) is 2. The van der Waals surface area contributed by atoms with Crippen LogP contribution in [0.1, 0.15) is 47.4 Å². The van der Waals surface area contributed by atoms with Crippen LogP contribution in [-0.4, -0.2) is 22.7 Å². The maximum absolute atomic E-state index is 12.1. The monoisotopic (exact) mass is 323 g/mol. The van der Waals surface area contributed by atoms with Gasteiger partial charge in [0.15, 0.2) is 5.76 Å². The molecule has 4 nitrogen and oxygen atoms in total. The van der Waals surface area contributed by atoms with E-state index in [9.17, 15) is 9.90 Å². The maximum Gasteiger partial charge on any atom is 0.287 e. The van der Waals surface area contributed by atoms with Crippen LogP contribution in [0.25, 0.3) is 0 Å². The molecule has 1 heterocycles. The van der Waals surface area contributed by atoms with Crippen molar-refractivity contribution in [3.05, 3.63) is 59.5 Å². The Labute approximate surface area is 141 Å². The van der Waals surface area contributed by atoms with Gasteiger partial charge in [-0.15, -0.1) is 0 Å². The van der Waals surface area contributed by atoms with E-state index < -0.39 is 5.60 Å². The molecule has 0 unspecified atom stereocenters. The molecule has 1 fully saturated rings. The molecule has 1 saturated carbocycles. The van der Waals surface area contributed by atoms with E-state index in [2.05, 4.69) is 17.2 Å². The SMILES string of the molecule is Cc1cccc(C#C[C@]2(O)CCC[C@H](NC(=O)c3ccco3)C2)c1. The van der Waals surface area contributed by atoms with E-state index in [1.807, 2.05) is 31.2 Å². The summed E-state index contributed by atoms with van der Waals surface area (Å²) in [6.07, 6.45) is 4.18. The average Bonchev–Trinajstić information content (AvgIpc) is 3.08. The van der Waals surface area contributed by atoms with E-state index in [1.165, 1.54) is 6.26 Å². The number of nitrogens with one attached hydrogen (secondary N) is 1. The van der Waals surface area contributed by atoms with Crippen molar-refractivity contribution in [3.63, 3.8) is 0 Å². The molecule has 2 aromatic rings. The summed E-state index contributed by atoms with van der Waals surface area (Å²) in [5, 5.41) is 13.7. The Bertz CT molecular complexity index is 770. The number of amides is 1. The van der Waals surface area contributed by atoms with Crippen molar-refractivity contribution in [2.24, 2.45) is 0 Å². The van der Waals surface area contributed by atoms with Crippen LogP contribution in [0.2, 0.25) is 0 Å². The molecule has 1 aliphatic carbocycles. The Morgan fingerprint density at radius 1 is 1.38 bits per heavy atom. The standard InChI is InChI=1S/C20H21NO3/c1-15-5-2-6-16(13-15)9-11-20(23)10-3-7-17(14-20)21-19(22)18-8-4-12-24-18/h2,4-6,8,12-13,17,23H,3,7,10,14H2,1H3,(H,21,22)/t17-,20+/m0/s1. The summed E-state index contributed by atoms with van der Waals surface area (Å²) in [4.78, 5) is 12.1. The molecule has 0 bridgehead atoms. The highest BCUT2D eigenvalue weighted by Crippen LogP contribution is 2.28. The molecule has 0 radical (unpaired) electrons. The molecule has 1 aliphatic rings. The molecule has 0 saturated heterocycles. The number of carbonyl (C=O) groups is 1. The Hall–Kier alpha value is -2.51. The predicted molar refractivity (Wildman–Crippen MR) is 91.4 cm³/mol. The van der Waals surface area contributed by atoms with Gasteiger partial charge in [0.1, 0.15) is 5.60 Å². The fraction of sp³-hybridized carbons (Fsp3) is 0.350. The zero-order valence-electron chi connectivity index (χ0n) is 13.7. The van der Waals surface area contributed by atoms with Crippen LogP contribution in [0, 0.1) is 18.8 Å². The Kier molecular flexibility index (Phi) is 4.73. The fourth-order valence-corrected chi connectivity index (χ4v) is 3.06. The van der Waals surface area contributed by atoms with Crippen LogP contribution in [0.5, 0.6) is 0 Å². The summed E-state index contributed by atoms with van der Waals surface area (Å²) in [7, 11) is 0. The number of hydrogen-bond acceptors (Lipinski definition) is 3. The van der Waals surface area contributed by atoms with Gasteiger partial charge in [-0.25, -0.2) is 0 Å². The highest BCUT2D eigenvalue weighted by Gasteiger charge is 2.33. The molecule has 1 amide bonds. The normalized spacial score (nSPS) is 23.2. The molecular weight excluding hydrogens is 302 g/mol. The van der Waals surface area contributed by atoms with Crippen molar-refractivity contribution in [3.8, 4) is 11.8 Å². The molecule has 1 aromatic carbocycles. The second-order valence-electron chi connectivity index (χ2n) is 6.40. The molecule has 24 heavy (non-hydrogen) atoms. The minimum Gasteiger partial charge on any atom is -0.459 e. The molecule has 4 heteroatoms. The number of rotatable bonds is 2. The van der Waals surface area contributed by atoms with E-state index in [0.29, 0.717) is 12.8 Å². The quantitative estimate of drug-likeness (QED) is 0.835. The molecule has 2 atom stereocenters. The summed E-state index contributed by atoms with van der Waals surface area (Å²) >= 11 is 0. The summed E-state index contributed by atoms with van der Waals surface area (Å²) in [6.45, 7) is 2.01. The minimum absolute atomic E-state index is 0.104. The van der Waals surface area contributed by atoms with Gasteiger partial charge in [-0.3, -0.25) is 4.79 Å². The third-order valence-corrected chi connectivity index (χ3v) is 4.26. The highest BCUT2D eigenvalue weighted by molar-refractivity contribution is 5.91. The van der Waals surface area contributed by atoms with Crippen LogP contribution in [0.15, 0.2) is 47.1 Å². The van der Waals surface area contributed by atoms with Gasteiger partial charge in [-0.05, 0) is 56.0 Å². The smallest absolute Gasteiger partial charge is 0.287 e.